The average molecular weight is 309 g/mol. The molecule has 0 aromatic heterocycles. The summed E-state index contributed by atoms with van der Waals surface area (Å²) < 4.78 is 1.03. The Labute approximate surface area is 116 Å². The van der Waals surface area contributed by atoms with Crippen molar-refractivity contribution in [1.82, 2.24) is 4.90 Å². The first-order valence-electron chi connectivity index (χ1n) is 5.99. The Hall–Kier alpha value is -1.13. The molecule has 2 N–H and O–H groups in total. The largest absolute Gasteiger partial charge is 0.341 e. The van der Waals surface area contributed by atoms with Crippen LogP contribution in [0.5, 0.6) is 0 Å². The second-order valence-corrected chi connectivity index (χ2v) is 5.63. The van der Waals surface area contributed by atoms with Crippen molar-refractivity contribution in [2.24, 2.45) is 11.7 Å². The fourth-order valence-corrected chi connectivity index (χ4v) is 2.63. The number of carbonyl (C=O) groups is 1. The van der Waals surface area contributed by atoms with Crippen LogP contribution in [-0.2, 0) is 11.3 Å². The predicted molar refractivity (Wildman–Crippen MR) is 75.8 cm³/mol. The number of hydrogen-bond donors (Lipinski definition) is 1. The summed E-state index contributed by atoms with van der Waals surface area (Å²) in [6.45, 7) is 0.623. The van der Waals surface area contributed by atoms with Crippen LogP contribution >= 0.6 is 15.9 Å². The van der Waals surface area contributed by atoms with E-state index in [1.54, 1.807) is 4.90 Å². The third-order valence-electron chi connectivity index (χ3n) is 3.12. The molecule has 2 rings (SSSR count). The van der Waals surface area contributed by atoms with Crippen LogP contribution in [0.25, 0.3) is 0 Å². The molecular weight excluding hydrogens is 292 g/mol. The predicted octanol–water partition coefficient (Wildman–Crippen LogP) is 2.31. The first kappa shape index (κ1) is 13.3. The number of benzene rings is 1. The van der Waals surface area contributed by atoms with Crippen LogP contribution < -0.4 is 5.73 Å². The number of nitrogens with zero attached hydrogens (tertiary/aromatic N) is 1. The number of hydrogen-bond acceptors (Lipinski definition) is 2. The number of rotatable bonds is 3. The van der Waals surface area contributed by atoms with Gasteiger partial charge in [0.1, 0.15) is 0 Å². The van der Waals surface area contributed by atoms with Crippen LogP contribution in [0.1, 0.15) is 12.0 Å². The van der Waals surface area contributed by atoms with Crippen LogP contribution in [0.15, 0.2) is 40.9 Å². The van der Waals surface area contributed by atoms with E-state index in [1.807, 2.05) is 43.5 Å². The van der Waals surface area contributed by atoms with Gasteiger partial charge in [0.05, 0.1) is 5.92 Å². The molecule has 18 heavy (non-hydrogen) atoms. The van der Waals surface area contributed by atoms with Crippen molar-refractivity contribution in [2.45, 2.75) is 19.0 Å². The van der Waals surface area contributed by atoms with Gasteiger partial charge in [-0.2, -0.15) is 0 Å². The molecular formula is C14H17BrN2O. The van der Waals surface area contributed by atoms with E-state index in [9.17, 15) is 4.79 Å². The Kier molecular flexibility index (Phi) is 4.19. The molecule has 0 bridgehead atoms. The Balaban J connectivity index is 1.97. The SMILES string of the molecule is CN(Cc1cccc(Br)c1)C(=O)C1C=CC(N)C1. The zero-order valence-electron chi connectivity index (χ0n) is 10.3. The number of nitrogens with two attached hydrogens (primary N) is 1. The highest BCUT2D eigenvalue weighted by atomic mass is 79.9. The summed E-state index contributed by atoms with van der Waals surface area (Å²) in [6.07, 6.45) is 4.56. The van der Waals surface area contributed by atoms with E-state index >= 15 is 0 Å². The molecule has 1 aliphatic carbocycles. The van der Waals surface area contributed by atoms with Crippen LogP contribution in [0, 0.1) is 5.92 Å². The normalized spacial score (nSPS) is 22.2. The van der Waals surface area contributed by atoms with E-state index in [-0.39, 0.29) is 17.9 Å². The van der Waals surface area contributed by atoms with Gasteiger partial charge in [0.25, 0.3) is 0 Å². The summed E-state index contributed by atoms with van der Waals surface area (Å²) in [5, 5.41) is 0. The molecule has 0 radical (unpaired) electrons. The second-order valence-electron chi connectivity index (χ2n) is 4.72. The maximum Gasteiger partial charge on any atom is 0.229 e. The van der Waals surface area contributed by atoms with Gasteiger partial charge < -0.3 is 10.6 Å². The van der Waals surface area contributed by atoms with Crippen LogP contribution in [0.2, 0.25) is 0 Å². The maximum absolute atomic E-state index is 12.2. The molecule has 2 unspecified atom stereocenters. The Morgan fingerprint density at radius 2 is 2.28 bits per heavy atom. The van der Waals surface area contributed by atoms with Gasteiger partial charge in [0.15, 0.2) is 0 Å². The van der Waals surface area contributed by atoms with Gasteiger partial charge in [-0.25, -0.2) is 0 Å². The molecule has 4 heteroatoms. The minimum atomic E-state index is -0.0582. The summed E-state index contributed by atoms with van der Waals surface area (Å²) in [6, 6.07) is 8.02. The first-order chi connectivity index (χ1) is 8.56. The smallest absolute Gasteiger partial charge is 0.229 e. The van der Waals surface area contributed by atoms with Crippen molar-refractivity contribution in [3.05, 3.63) is 46.5 Å². The number of halogens is 1. The lowest BCUT2D eigenvalue weighted by atomic mass is 10.1. The van der Waals surface area contributed by atoms with Crippen LogP contribution in [0.4, 0.5) is 0 Å². The molecule has 0 heterocycles. The van der Waals surface area contributed by atoms with Crippen molar-refractivity contribution >= 4 is 21.8 Å². The van der Waals surface area contributed by atoms with Gasteiger partial charge in [-0.05, 0) is 24.1 Å². The summed E-state index contributed by atoms with van der Waals surface area (Å²) in [5.74, 6) is 0.0799. The molecule has 1 aromatic carbocycles. The standard InChI is InChI=1S/C14H17BrN2O/c1-17(9-10-3-2-4-12(15)7-10)14(18)11-5-6-13(16)8-11/h2-7,11,13H,8-9,16H2,1H3. The van der Waals surface area contributed by atoms with Gasteiger partial charge in [0.2, 0.25) is 5.91 Å². The van der Waals surface area contributed by atoms with Crippen molar-refractivity contribution in [3.63, 3.8) is 0 Å². The van der Waals surface area contributed by atoms with Crippen LogP contribution in [0.3, 0.4) is 0 Å². The third-order valence-corrected chi connectivity index (χ3v) is 3.61. The number of carbonyl (C=O) groups excluding carboxylic acids is 1. The molecule has 1 amide bonds. The summed E-state index contributed by atoms with van der Waals surface area (Å²) in [5.41, 5.74) is 6.89. The average Bonchev–Trinajstić information content (AvgIpc) is 2.75. The van der Waals surface area contributed by atoms with Crippen molar-refractivity contribution in [3.8, 4) is 0 Å². The van der Waals surface area contributed by atoms with Gasteiger partial charge in [-0.3, -0.25) is 4.79 Å². The molecule has 0 fully saturated rings. The van der Waals surface area contributed by atoms with E-state index in [1.165, 1.54) is 0 Å². The Morgan fingerprint density at radius 1 is 1.50 bits per heavy atom. The topological polar surface area (TPSA) is 46.3 Å². The van der Waals surface area contributed by atoms with Crippen molar-refractivity contribution < 1.29 is 4.79 Å². The zero-order chi connectivity index (χ0) is 13.1. The highest BCUT2D eigenvalue weighted by Gasteiger charge is 2.25. The van der Waals surface area contributed by atoms with Crippen molar-refractivity contribution in [1.29, 1.82) is 0 Å². The molecule has 2 atom stereocenters. The Bertz CT molecular complexity index is 473. The van der Waals surface area contributed by atoms with E-state index < -0.39 is 0 Å². The van der Waals surface area contributed by atoms with E-state index in [2.05, 4.69) is 15.9 Å². The van der Waals surface area contributed by atoms with Gasteiger partial charge >= 0.3 is 0 Å². The fourth-order valence-electron chi connectivity index (χ4n) is 2.18. The molecule has 0 saturated heterocycles. The zero-order valence-corrected chi connectivity index (χ0v) is 11.9. The van der Waals surface area contributed by atoms with Gasteiger partial charge in [-0.1, -0.05) is 40.2 Å². The molecule has 0 aliphatic heterocycles. The summed E-state index contributed by atoms with van der Waals surface area (Å²) in [4.78, 5) is 13.9. The lowest BCUT2D eigenvalue weighted by Gasteiger charge is -2.21. The molecule has 96 valence electrons. The summed E-state index contributed by atoms with van der Waals surface area (Å²) >= 11 is 3.43. The van der Waals surface area contributed by atoms with E-state index in [0.29, 0.717) is 6.54 Å². The van der Waals surface area contributed by atoms with E-state index in [0.717, 1.165) is 16.5 Å². The van der Waals surface area contributed by atoms with Gasteiger partial charge in [-0.15, -0.1) is 0 Å². The molecule has 0 spiro atoms. The molecule has 0 saturated carbocycles. The van der Waals surface area contributed by atoms with Gasteiger partial charge in [0, 0.05) is 24.1 Å². The van der Waals surface area contributed by atoms with Crippen LogP contribution in [-0.4, -0.2) is 23.9 Å². The minimum Gasteiger partial charge on any atom is -0.341 e. The molecule has 1 aromatic rings. The molecule has 3 nitrogen and oxygen atoms in total. The highest BCUT2D eigenvalue weighted by molar-refractivity contribution is 9.10. The third kappa shape index (κ3) is 3.21. The maximum atomic E-state index is 12.2. The van der Waals surface area contributed by atoms with Crippen molar-refractivity contribution in [2.75, 3.05) is 7.05 Å². The highest BCUT2D eigenvalue weighted by Crippen LogP contribution is 2.20. The first-order valence-corrected chi connectivity index (χ1v) is 6.79. The monoisotopic (exact) mass is 308 g/mol. The fraction of sp³-hybridized carbons (Fsp3) is 0.357. The lowest BCUT2D eigenvalue weighted by Crippen LogP contribution is -2.32. The quantitative estimate of drug-likeness (QED) is 0.871. The Morgan fingerprint density at radius 3 is 2.89 bits per heavy atom. The lowest BCUT2D eigenvalue weighted by molar-refractivity contribution is -0.133. The second kappa shape index (κ2) is 5.67. The van der Waals surface area contributed by atoms with E-state index in [4.69, 9.17) is 5.73 Å². The number of amides is 1. The minimum absolute atomic E-state index is 0.0261. The molecule has 1 aliphatic rings. The summed E-state index contributed by atoms with van der Waals surface area (Å²) in [7, 11) is 1.83.